The highest BCUT2D eigenvalue weighted by Gasteiger charge is 2.28. The summed E-state index contributed by atoms with van der Waals surface area (Å²) in [6.07, 6.45) is 1.55. The van der Waals surface area contributed by atoms with Gasteiger partial charge in [0.2, 0.25) is 5.91 Å². The summed E-state index contributed by atoms with van der Waals surface area (Å²) in [5, 5.41) is 9.43. The summed E-state index contributed by atoms with van der Waals surface area (Å²) in [7, 11) is 0. The van der Waals surface area contributed by atoms with E-state index in [4.69, 9.17) is 0 Å². The molecule has 1 aromatic carbocycles. The Morgan fingerprint density at radius 2 is 1.96 bits per heavy atom. The van der Waals surface area contributed by atoms with Crippen LogP contribution in [-0.4, -0.2) is 37.0 Å². The summed E-state index contributed by atoms with van der Waals surface area (Å²) in [6, 6.07) is 7.11. The fourth-order valence-corrected chi connectivity index (χ4v) is 3.28. The van der Waals surface area contributed by atoms with Crippen molar-refractivity contribution in [2.24, 2.45) is 11.8 Å². The van der Waals surface area contributed by atoms with Gasteiger partial charge >= 0.3 is 0 Å². The van der Waals surface area contributed by atoms with Crippen molar-refractivity contribution in [2.45, 2.75) is 52.6 Å². The Kier molecular flexibility index (Phi) is 9.09. The molecule has 5 nitrogen and oxygen atoms in total. The number of benzene rings is 1. The molecule has 6 heteroatoms. The normalized spacial score (nSPS) is 20.8. The van der Waals surface area contributed by atoms with E-state index in [0.717, 1.165) is 25.1 Å². The summed E-state index contributed by atoms with van der Waals surface area (Å²) in [6.45, 7) is 10.00. The van der Waals surface area contributed by atoms with Gasteiger partial charge in [0.15, 0.2) is 0 Å². The Morgan fingerprint density at radius 1 is 1.27 bits per heavy atom. The van der Waals surface area contributed by atoms with Crippen LogP contribution in [-0.2, 0) is 4.79 Å². The van der Waals surface area contributed by atoms with Gasteiger partial charge in [0.25, 0.3) is 5.91 Å². The molecular weight excluding hydrogens is 350 g/mol. The van der Waals surface area contributed by atoms with Crippen LogP contribution in [0.5, 0.6) is 0 Å². The molecule has 1 heterocycles. The van der Waals surface area contributed by atoms with Crippen LogP contribution in [0.4, 0.5) is 0 Å². The zero-order valence-corrected chi connectivity index (χ0v) is 17.0. The monoisotopic (exact) mass is 381 g/mol. The van der Waals surface area contributed by atoms with Gasteiger partial charge < -0.3 is 16.0 Å². The second-order valence-electron chi connectivity index (χ2n) is 7.56. The van der Waals surface area contributed by atoms with Crippen molar-refractivity contribution >= 4 is 24.2 Å². The van der Waals surface area contributed by atoms with E-state index in [1.54, 1.807) is 6.07 Å². The largest absolute Gasteiger partial charge is 0.351 e. The third kappa shape index (κ3) is 6.29. The lowest BCUT2D eigenvalue weighted by Gasteiger charge is -2.32. The molecule has 3 atom stereocenters. The average molecular weight is 382 g/mol. The molecule has 1 aliphatic rings. The minimum atomic E-state index is -0.505. The Morgan fingerprint density at radius 3 is 2.58 bits per heavy atom. The fraction of sp³-hybridized carbons (Fsp3) is 0.600. The summed E-state index contributed by atoms with van der Waals surface area (Å²) >= 11 is 0. The van der Waals surface area contributed by atoms with Gasteiger partial charge in [-0.15, -0.1) is 12.4 Å². The van der Waals surface area contributed by atoms with Crippen molar-refractivity contribution in [2.75, 3.05) is 13.1 Å². The van der Waals surface area contributed by atoms with Gasteiger partial charge in [0.05, 0.1) is 0 Å². The van der Waals surface area contributed by atoms with Crippen molar-refractivity contribution in [1.82, 2.24) is 16.0 Å². The summed E-state index contributed by atoms with van der Waals surface area (Å²) in [5.74, 6) is 0.453. The van der Waals surface area contributed by atoms with Crippen LogP contribution in [0.1, 0.15) is 49.5 Å². The van der Waals surface area contributed by atoms with Crippen molar-refractivity contribution in [3.63, 3.8) is 0 Å². The highest BCUT2D eigenvalue weighted by molar-refractivity contribution is 5.98. The number of hydrogen-bond acceptors (Lipinski definition) is 3. The first-order valence-electron chi connectivity index (χ1n) is 9.26. The van der Waals surface area contributed by atoms with Crippen LogP contribution < -0.4 is 16.0 Å². The van der Waals surface area contributed by atoms with Gasteiger partial charge in [0.1, 0.15) is 6.04 Å². The highest BCUT2D eigenvalue weighted by Crippen LogP contribution is 2.13. The number of amides is 2. The standard InChI is InChI=1S/C20H31N3O2.ClH/c1-13(2)11-18(20(25)22-17-9-10-21-12-15(17)4)23-19(24)16-8-6-5-7-14(16)3;/h5-8,13,15,17-18,21H,9-12H2,1-4H3,(H,22,25)(H,23,24);1H. The minimum Gasteiger partial charge on any atom is -0.351 e. The first kappa shape index (κ1) is 22.5. The molecule has 0 aromatic heterocycles. The van der Waals surface area contributed by atoms with Gasteiger partial charge in [-0.2, -0.15) is 0 Å². The second kappa shape index (κ2) is 10.5. The van der Waals surface area contributed by atoms with Crippen LogP contribution in [0.25, 0.3) is 0 Å². The molecule has 2 amide bonds. The van der Waals surface area contributed by atoms with Crippen LogP contribution >= 0.6 is 12.4 Å². The third-order valence-corrected chi connectivity index (χ3v) is 4.83. The predicted molar refractivity (Wildman–Crippen MR) is 108 cm³/mol. The SMILES string of the molecule is Cc1ccccc1C(=O)NC(CC(C)C)C(=O)NC1CCNCC1C.Cl. The fourth-order valence-electron chi connectivity index (χ4n) is 3.28. The number of carbonyl (C=O) groups excluding carboxylic acids is 2. The van der Waals surface area contributed by atoms with Gasteiger partial charge in [-0.05, 0) is 56.3 Å². The van der Waals surface area contributed by atoms with Crippen molar-refractivity contribution in [3.8, 4) is 0 Å². The van der Waals surface area contributed by atoms with E-state index in [2.05, 4.69) is 36.7 Å². The number of piperidine rings is 1. The van der Waals surface area contributed by atoms with Gasteiger partial charge in [0, 0.05) is 11.6 Å². The second-order valence-corrected chi connectivity index (χ2v) is 7.56. The molecule has 1 aromatic rings. The van der Waals surface area contributed by atoms with Crippen LogP contribution in [0.3, 0.4) is 0 Å². The maximum Gasteiger partial charge on any atom is 0.252 e. The smallest absolute Gasteiger partial charge is 0.252 e. The van der Waals surface area contributed by atoms with E-state index in [0.29, 0.717) is 23.8 Å². The molecule has 0 saturated carbocycles. The number of carbonyl (C=O) groups is 2. The molecule has 3 N–H and O–H groups in total. The Labute approximate surface area is 163 Å². The van der Waals surface area contributed by atoms with Crippen molar-refractivity contribution in [3.05, 3.63) is 35.4 Å². The van der Waals surface area contributed by atoms with Crippen molar-refractivity contribution < 1.29 is 9.59 Å². The van der Waals surface area contributed by atoms with E-state index in [1.807, 2.05) is 25.1 Å². The molecule has 0 bridgehead atoms. The number of halogens is 1. The lowest BCUT2D eigenvalue weighted by Crippen LogP contribution is -2.54. The van der Waals surface area contributed by atoms with E-state index in [-0.39, 0.29) is 30.3 Å². The maximum absolute atomic E-state index is 12.8. The van der Waals surface area contributed by atoms with E-state index < -0.39 is 6.04 Å². The summed E-state index contributed by atoms with van der Waals surface area (Å²) < 4.78 is 0. The first-order chi connectivity index (χ1) is 11.9. The molecule has 146 valence electrons. The van der Waals surface area contributed by atoms with Gasteiger partial charge in [-0.25, -0.2) is 0 Å². The zero-order chi connectivity index (χ0) is 18.4. The van der Waals surface area contributed by atoms with Gasteiger partial charge in [-0.1, -0.05) is 39.0 Å². The topological polar surface area (TPSA) is 70.2 Å². The predicted octanol–water partition coefficient (Wildman–Crippen LogP) is 2.68. The molecular formula is C20H32ClN3O2. The van der Waals surface area contributed by atoms with E-state index in [9.17, 15) is 9.59 Å². The Balaban J connectivity index is 0.00000338. The quantitative estimate of drug-likeness (QED) is 0.709. The summed E-state index contributed by atoms with van der Waals surface area (Å²) in [4.78, 5) is 25.4. The van der Waals surface area contributed by atoms with Crippen LogP contribution in [0.15, 0.2) is 24.3 Å². The number of aryl methyl sites for hydroxylation is 1. The number of hydrogen-bond donors (Lipinski definition) is 3. The maximum atomic E-state index is 12.8. The molecule has 1 aliphatic heterocycles. The molecule has 0 aliphatic carbocycles. The minimum absolute atomic E-state index is 0. The lowest BCUT2D eigenvalue weighted by molar-refractivity contribution is -0.124. The lowest BCUT2D eigenvalue weighted by atomic mass is 9.94. The van der Waals surface area contributed by atoms with E-state index >= 15 is 0 Å². The van der Waals surface area contributed by atoms with Crippen LogP contribution in [0, 0.1) is 18.8 Å². The molecule has 1 fully saturated rings. The Hall–Kier alpha value is -1.59. The van der Waals surface area contributed by atoms with Gasteiger partial charge in [-0.3, -0.25) is 9.59 Å². The third-order valence-electron chi connectivity index (χ3n) is 4.83. The molecule has 0 spiro atoms. The molecule has 26 heavy (non-hydrogen) atoms. The highest BCUT2D eigenvalue weighted by atomic mass is 35.5. The number of rotatable bonds is 6. The average Bonchev–Trinajstić information content (AvgIpc) is 2.56. The number of nitrogens with one attached hydrogen (secondary N) is 3. The zero-order valence-electron chi connectivity index (χ0n) is 16.2. The molecule has 3 unspecified atom stereocenters. The first-order valence-corrected chi connectivity index (χ1v) is 9.26. The molecule has 0 radical (unpaired) electrons. The van der Waals surface area contributed by atoms with Crippen LogP contribution in [0.2, 0.25) is 0 Å². The Bertz CT molecular complexity index is 606. The van der Waals surface area contributed by atoms with Crippen molar-refractivity contribution in [1.29, 1.82) is 0 Å². The summed E-state index contributed by atoms with van der Waals surface area (Å²) in [5.41, 5.74) is 1.54. The molecule has 1 saturated heterocycles. The molecule has 2 rings (SSSR count). The van der Waals surface area contributed by atoms with E-state index in [1.165, 1.54) is 0 Å².